The van der Waals surface area contributed by atoms with Gasteiger partial charge in [0.25, 0.3) is 0 Å². The molecule has 1 N–H and O–H groups in total. The van der Waals surface area contributed by atoms with Crippen LogP contribution in [0.5, 0.6) is 5.75 Å². The van der Waals surface area contributed by atoms with E-state index in [1.165, 1.54) is 35.3 Å². The Morgan fingerprint density at radius 2 is 1.98 bits per heavy atom. The SMILES string of the molecule is CC[C@H](C)n1c(SCC(=O)Nc2cc(OC)c([N+](=O)[O-])cc2C)nnc1-c1cccc(S(=O)(=O)N2CCOCC2)c1. The van der Waals surface area contributed by atoms with Crippen LogP contribution in [0.3, 0.4) is 0 Å². The summed E-state index contributed by atoms with van der Waals surface area (Å²) in [7, 11) is -2.37. The van der Waals surface area contributed by atoms with Crippen LogP contribution in [-0.2, 0) is 19.6 Å². The zero-order chi connectivity index (χ0) is 29.7. The summed E-state index contributed by atoms with van der Waals surface area (Å²) in [6.45, 7) is 6.97. The number of nitrogens with zero attached hydrogens (tertiary/aromatic N) is 5. The highest BCUT2D eigenvalue weighted by molar-refractivity contribution is 7.99. The van der Waals surface area contributed by atoms with E-state index in [0.717, 1.165) is 6.42 Å². The Morgan fingerprint density at radius 1 is 1.24 bits per heavy atom. The number of aryl methyl sites for hydroxylation is 1. The van der Waals surface area contributed by atoms with Crippen LogP contribution in [0, 0.1) is 17.0 Å². The first-order chi connectivity index (χ1) is 19.6. The largest absolute Gasteiger partial charge is 0.490 e. The van der Waals surface area contributed by atoms with Gasteiger partial charge in [0.2, 0.25) is 15.9 Å². The van der Waals surface area contributed by atoms with Gasteiger partial charge in [-0.1, -0.05) is 30.8 Å². The fourth-order valence-electron chi connectivity index (χ4n) is 4.31. The van der Waals surface area contributed by atoms with E-state index in [1.807, 2.05) is 18.4 Å². The Balaban J connectivity index is 1.55. The van der Waals surface area contributed by atoms with Gasteiger partial charge in [0, 0.05) is 42.5 Å². The van der Waals surface area contributed by atoms with Gasteiger partial charge in [-0.3, -0.25) is 19.5 Å². The molecule has 1 amide bonds. The zero-order valence-electron chi connectivity index (χ0n) is 23.2. The molecule has 13 nitrogen and oxygen atoms in total. The van der Waals surface area contributed by atoms with Crippen LogP contribution in [0.1, 0.15) is 31.9 Å². The molecule has 220 valence electrons. The predicted molar refractivity (Wildman–Crippen MR) is 154 cm³/mol. The van der Waals surface area contributed by atoms with Gasteiger partial charge in [-0.05, 0) is 38.0 Å². The molecule has 0 unspecified atom stereocenters. The summed E-state index contributed by atoms with van der Waals surface area (Å²) in [4.78, 5) is 23.7. The standard InChI is InChI=1S/C26H32N6O7S2/c1-5-18(3)31-25(19-7-6-8-20(14-19)41(36,37)30-9-11-39-12-10-30)28-29-26(31)40-16-24(33)27-21-15-23(38-4)22(32(34)35)13-17(21)2/h6-8,13-15,18H,5,9-12,16H2,1-4H3,(H,27,33)/t18-/m0/s1. The number of nitro benzene ring substituents is 1. The molecule has 1 saturated heterocycles. The number of nitrogens with one attached hydrogen (secondary N) is 1. The Kier molecular flexibility index (Phi) is 9.63. The third kappa shape index (κ3) is 6.69. The molecule has 1 aromatic heterocycles. The van der Waals surface area contributed by atoms with Crippen molar-refractivity contribution in [1.82, 2.24) is 19.1 Å². The fourth-order valence-corrected chi connectivity index (χ4v) is 6.60. The van der Waals surface area contributed by atoms with Gasteiger partial charge in [0.05, 0.1) is 35.9 Å². The minimum absolute atomic E-state index is 0.00123. The van der Waals surface area contributed by atoms with Gasteiger partial charge in [-0.15, -0.1) is 10.2 Å². The molecule has 4 rings (SSSR count). The third-order valence-corrected chi connectivity index (χ3v) is 9.56. The lowest BCUT2D eigenvalue weighted by Gasteiger charge is -2.26. The number of benzene rings is 2. The van der Waals surface area contributed by atoms with Gasteiger partial charge in [-0.25, -0.2) is 8.42 Å². The van der Waals surface area contributed by atoms with Crippen molar-refractivity contribution < 1.29 is 27.6 Å². The van der Waals surface area contributed by atoms with Crippen molar-refractivity contribution in [2.45, 2.75) is 43.3 Å². The molecule has 0 radical (unpaired) electrons. The number of morpholine rings is 1. The minimum Gasteiger partial charge on any atom is -0.490 e. The van der Waals surface area contributed by atoms with E-state index < -0.39 is 14.9 Å². The topological polar surface area (TPSA) is 159 Å². The highest BCUT2D eigenvalue weighted by Gasteiger charge is 2.28. The second kappa shape index (κ2) is 13.0. The number of anilines is 1. The number of carbonyl (C=O) groups excluding carboxylic acids is 1. The number of carbonyl (C=O) groups is 1. The van der Waals surface area contributed by atoms with Gasteiger partial charge in [0.15, 0.2) is 16.7 Å². The van der Waals surface area contributed by atoms with Gasteiger partial charge in [-0.2, -0.15) is 4.31 Å². The van der Waals surface area contributed by atoms with Crippen LogP contribution >= 0.6 is 11.8 Å². The summed E-state index contributed by atoms with van der Waals surface area (Å²) in [5.74, 6) is 0.200. The number of sulfonamides is 1. The van der Waals surface area contributed by atoms with E-state index in [2.05, 4.69) is 15.5 Å². The molecule has 1 aliphatic rings. The van der Waals surface area contributed by atoms with Crippen molar-refractivity contribution in [2.75, 3.05) is 44.5 Å². The van der Waals surface area contributed by atoms with Crippen LogP contribution in [0.2, 0.25) is 0 Å². The van der Waals surface area contributed by atoms with Gasteiger partial charge in [0.1, 0.15) is 0 Å². The molecule has 1 atom stereocenters. The molecule has 0 saturated carbocycles. The maximum Gasteiger partial charge on any atom is 0.311 e. The Morgan fingerprint density at radius 3 is 2.63 bits per heavy atom. The number of rotatable bonds is 11. The van der Waals surface area contributed by atoms with Gasteiger partial charge >= 0.3 is 5.69 Å². The van der Waals surface area contributed by atoms with Crippen molar-refractivity contribution >= 4 is 39.1 Å². The van der Waals surface area contributed by atoms with E-state index in [4.69, 9.17) is 9.47 Å². The molecule has 0 aliphatic carbocycles. The van der Waals surface area contributed by atoms with E-state index in [0.29, 0.717) is 54.1 Å². The molecule has 41 heavy (non-hydrogen) atoms. The fraction of sp³-hybridized carbons (Fsp3) is 0.423. The average Bonchev–Trinajstić information content (AvgIpc) is 3.41. The Hall–Kier alpha value is -3.53. The van der Waals surface area contributed by atoms with Crippen molar-refractivity contribution in [1.29, 1.82) is 0 Å². The average molecular weight is 605 g/mol. The molecule has 15 heteroatoms. The Bertz CT molecular complexity index is 1540. The summed E-state index contributed by atoms with van der Waals surface area (Å²) < 4.78 is 40.2. The van der Waals surface area contributed by atoms with E-state index in [1.54, 1.807) is 31.2 Å². The molecule has 2 heterocycles. The molecule has 3 aromatic rings. The quantitative estimate of drug-likeness (QED) is 0.193. The summed E-state index contributed by atoms with van der Waals surface area (Å²) >= 11 is 1.19. The van der Waals surface area contributed by atoms with Gasteiger partial charge < -0.3 is 14.8 Å². The predicted octanol–water partition coefficient (Wildman–Crippen LogP) is 3.89. The van der Waals surface area contributed by atoms with E-state index in [-0.39, 0.29) is 34.0 Å². The molecule has 0 bridgehead atoms. The lowest BCUT2D eigenvalue weighted by atomic mass is 10.1. The summed E-state index contributed by atoms with van der Waals surface area (Å²) in [6.07, 6.45) is 0.748. The third-order valence-electron chi connectivity index (χ3n) is 6.73. The number of hydrogen-bond donors (Lipinski definition) is 1. The highest BCUT2D eigenvalue weighted by Crippen LogP contribution is 2.34. The number of amides is 1. The first-order valence-corrected chi connectivity index (χ1v) is 15.4. The Labute approximate surface area is 242 Å². The maximum atomic E-state index is 13.2. The zero-order valence-corrected chi connectivity index (χ0v) is 24.8. The smallest absolute Gasteiger partial charge is 0.311 e. The summed E-state index contributed by atoms with van der Waals surface area (Å²) in [6, 6.07) is 9.36. The number of ether oxygens (including phenoxy) is 2. The molecule has 2 aromatic carbocycles. The first kappa shape index (κ1) is 30.4. The van der Waals surface area contributed by atoms with Crippen molar-refractivity contribution in [3.63, 3.8) is 0 Å². The van der Waals surface area contributed by atoms with Crippen LogP contribution in [-0.4, -0.2) is 77.5 Å². The molecular formula is C26H32N6O7S2. The number of aromatic nitrogens is 3. The second-order valence-corrected chi connectivity index (χ2v) is 12.3. The molecular weight excluding hydrogens is 572 g/mol. The van der Waals surface area contributed by atoms with Crippen LogP contribution in [0.25, 0.3) is 11.4 Å². The molecule has 0 spiro atoms. The lowest BCUT2D eigenvalue weighted by Crippen LogP contribution is -2.40. The maximum absolute atomic E-state index is 13.2. The number of methoxy groups -OCH3 is 1. The van der Waals surface area contributed by atoms with Crippen LogP contribution < -0.4 is 10.1 Å². The van der Waals surface area contributed by atoms with Crippen molar-refractivity contribution in [3.05, 3.63) is 52.1 Å². The number of thioether (sulfide) groups is 1. The second-order valence-electron chi connectivity index (χ2n) is 9.41. The normalized spacial score (nSPS) is 14.9. The number of nitro groups is 1. The first-order valence-electron chi connectivity index (χ1n) is 13.0. The molecule has 1 aliphatic heterocycles. The summed E-state index contributed by atoms with van der Waals surface area (Å²) in [5.41, 5.74) is 1.33. The van der Waals surface area contributed by atoms with Crippen LogP contribution in [0.15, 0.2) is 46.5 Å². The molecule has 1 fully saturated rings. The van der Waals surface area contributed by atoms with Crippen molar-refractivity contribution in [3.8, 4) is 17.1 Å². The van der Waals surface area contributed by atoms with E-state index in [9.17, 15) is 23.3 Å². The minimum atomic E-state index is -3.70. The number of hydrogen-bond acceptors (Lipinski definition) is 10. The van der Waals surface area contributed by atoms with Crippen molar-refractivity contribution in [2.24, 2.45) is 0 Å². The summed E-state index contributed by atoms with van der Waals surface area (Å²) in [5, 5.41) is 23.2. The highest BCUT2D eigenvalue weighted by atomic mass is 32.2. The lowest BCUT2D eigenvalue weighted by molar-refractivity contribution is -0.385. The monoisotopic (exact) mass is 604 g/mol. The van der Waals surface area contributed by atoms with E-state index >= 15 is 0 Å². The van der Waals surface area contributed by atoms with Crippen LogP contribution in [0.4, 0.5) is 11.4 Å².